The highest BCUT2D eigenvalue weighted by Gasteiger charge is 2.60. The summed E-state index contributed by atoms with van der Waals surface area (Å²) in [6.45, 7) is 3.49. The minimum absolute atomic E-state index is 0.0502. The molecule has 0 N–H and O–H groups in total. The predicted molar refractivity (Wildman–Crippen MR) is 106 cm³/mol. The molecule has 5 heteroatoms. The zero-order valence-corrected chi connectivity index (χ0v) is 16.3. The van der Waals surface area contributed by atoms with Gasteiger partial charge in [-0.2, -0.15) is 5.26 Å². The van der Waals surface area contributed by atoms with Gasteiger partial charge in [0.2, 0.25) is 0 Å². The number of methoxy groups -OCH3 is 1. The third kappa shape index (κ3) is 3.09. The molecule has 0 bridgehead atoms. The first-order valence-corrected chi connectivity index (χ1v) is 9.67. The lowest BCUT2D eigenvalue weighted by Gasteiger charge is -2.33. The lowest BCUT2D eigenvalue weighted by molar-refractivity contribution is -0.146. The van der Waals surface area contributed by atoms with Gasteiger partial charge in [0.05, 0.1) is 24.8 Å². The van der Waals surface area contributed by atoms with E-state index >= 15 is 0 Å². The Morgan fingerprint density at radius 2 is 1.82 bits per heavy atom. The lowest BCUT2D eigenvalue weighted by atomic mass is 9.86. The summed E-state index contributed by atoms with van der Waals surface area (Å²) in [6.07, 6.45) is 0.349. The van der Waals surface area contributed by atoms with Crippen LogP contribution in [0, 0.1) is 16.7 Å². The largest absolute Gasteiger partial charge is 0.468 e. The maximum Gasteiger partial charge on any atom is 0.323 e. The number of carbonyl (C=O) groups is 1. The van der Waals surface area contributed by atoms with Crippen LogP contribution in [0.4, 0.5) is 0 Å². The molecule has 2 aromatic carbocycles. The fourth-order valence-corrected chi connectivity index (χ4v) is 4.87. The van der Waals surface area contributed by atoms with Gasteiger partial charge >= 0.3 is 5.97 Å². The zero-order valence-electron chi connectivity index (χ0n) is 16.3. The number of ether oxygens (including phenoxy) is 1. The van der Waals surface area contributed by atoms with Crippen molar-refractivity contribution in [2.24, 2.45) is 5.41 Å². The SMILES string of the molecule is COC(=O)[C@@H]1C[C@@](C)(C#N)[C@H]2N(Cc3ccccc3)C[C@H](c3ccccc3)N12. The fourth-order valence-electron chi connectivity index (χ4n) is 4.87. The van der Waals surface area contributed by atoms with E-state index in [0.717, 1.165) is 13.1 Å². The first-order chi connectivity index (χ1) is 13.6. The van der Waals surface area contributed by atoms with Gasteiger partial charge in [-0.1, -0.05) is 60.7 Å². The predicted octanol–water partition coefficient (Wildman–Crippen LogP) is 3.35. The average Bonchev–Trinajstić information content (AvgIpc) is 3.26. The van der Waals surface area contributed by atoms with Crippen LogP contribution in [-0.4, -0.2) is 41.6 Å². The number of fused-ring (bicyclic) bond motifs is 1. The summed E-state index contributed by atoms with van der Waals surface area (Å²) in [5.41, 5.74) is 1.73. The molecule has 0 aliphatic carbocycles. The highest BCUT2D eigenvalue weighted by Crippen LogP contribution is 2.51. The van der Waals surface area contributed by atoms with Crippen LogP contribution in [0.2, 0.25) is 0 Å². The molecule has 28 heavy (non-hydrogen) atoms. The Hall–Kier alpha value is -2.68. The van der Waals surface area contributed by atoms with Gasteiger partial charge in [-0.05, 0) is 24.5 Å². The molecule has 2 heterocycles. The summed E-state index contributed by atoms with van der Waals surface area (Å²) < 4.78 is 5.11. The molecule has 144 valence electrons. The number of hydrogen-bond donors (Lipinski definition) is 0. The molecule has 4 rings (SSSR count). The van der Waals surface area contributed by atoms with Crippen LogP contribution < -0.4 is 0 Å². The Bertz CT molecular complexity index is 880. The van der Waals surface area contributed by atoms with Crippen LogP contribution >= 0.6 is 0 Å². The smallest absolute Gasteiger partial charge is 0.323 e. The Kier molecular flexibility index (Phi) is 4.92. The van der Waals surface area contributed by atoms with Crippen molar-refractivity contribution in [3.63, 3.8) is 0 Å². The van der Waals surface area contributed by atoms with Gasteiger partial charge < -0.3 is 4.74 Å². The van der Waals surface area contributed by atoms with Crippen molar-refractivity contribution >= 4 is 5.97 Å². The van der Waals surface area contributed by atoms with Crippen molar-refractivity contribution in [1.82, 2.24) is 9.80 Å². The van der Waals surface area contributed by atoms with E-state index in [1.807, 2.05) is 43.3 Å². The van der Waals surface area contributed by atoms with Gasteiger partial charge in [-0.15, -0.1) is 0 Å². The molecule has 2 saturated heterocycles. The standard InChI is InChI=1S/C23H25N3O2/c1-23(16-24)13-19(21(27)28-2)26-20(18-11-7-4-8-12-18)15-25(22(23)26)14-17-9-5-3-6-10-17/h3-12,19-20,22H,13-15H2,1-2H3/t19-,20+,22-,23-/m0/s1. The van der Waals surface area contributed by atoms with Crippen molar-refractivity contribution < 1.29 is 9.53 Å². The third-order valence-corrected chi connectivity index (χ3v) is 6.08. The Morgan fingerprint density at radius 3 is 2.43 bits per heavy atom. The van der Waals surface area contributed by atoms with Crippen molar-refractivity contribution in [2.45, 2.75) is 38.1 Å². The van der Waals surface area contributed by atoms with Crippen LogP contribution in [0.25, 0.3) is 0 Å². The van der Waals surface area contributed by atoms with Gasteiger partial charge in [0.25, 0.3) is 0 Å². The minimum Gasteiger partial charge on any atom is -0.468 e. The van der Waals surface area contributed by atoms with Crippen LogP contribution in [-0.2, 0) is 16.1 Å². The number of esters is 1. The van der Waals surface area contributed by atoms with E-state index in [2.05, 4.69) is 40.1 Å². The van der Waals surface area contributed by atoms with Gasteiger partial charge in [0.15, 0.2) is 0 Å². The molecule has 0 amide bonds. The molecule has 0 aromatic heterocycles. The van der Waals surface area contributed by atoms with Gasteiger partial charge in [0, 0.05) is 19.1 Å². The molecule has 2 aliphatic heterocycles. The molecular weight excluding hydrogens is 350 g/mol. The topological polar surface area (TPSA) is 56.6 Å². The van der Waals surface area contributed by atoms with Crippen molar-refractivity contribution in [1.29, 1.82) is 5.26 Å². The van der Waals surface area contributed by atoms with E-state index in [1.165, 1.54) is 18.2 Å². The lowest BCUT2D eigenvalue weighted by Crippen LogP contribution is -2.45. The van der Waals surface area contributed by atoms with Crippen LogP contribution in [0.15, 0.2) is 60.7 Å². The second-order valence-electron chi connectivity index (χ2n) is 7.93. The van der Waals surface area contributed by atoms with E-state index in [0.29, 0.717) is 6.42 Å². The van der Waals surface area contributed by atoms with Crippen molar-refractivity contribution in [2.75, 3.05) is 13.7 Å². The average molecular weight is 375 g/mol. The second kappa shape index (κ2) is 7.38. The van der Waals surface area contributed by atoms with Crippen LogP contribution in [0.5, 0.6) is 0 Å². The third-order valence-electron chi connectivity index (χ3n) is 6.08. The first-order valence-electron chi connectivity index (χ1n) is 9.67. The van der Waals surface area contributed by atoms with E-state index < -0.39 is 11.5 Å². The highest BCUT2D eigenvalue weighted by atomic mass is 16.5. The number of nitrogens with zero attached hydrogens (tertiary/aromatic N) is 3. The molecule has 2 aliphatic rings. The van der Waals surface area contributed by atoms with E-state index in [4.69, 9.17) is 4.74 Å². The van der Waals surface area contributed by atoms with Crippen molar-refractivity contribution in [3.05, 3.63) is 71.8 Å². The van der Waals surface area contributed by atoms with Crippen LogP contribution in [0.3, 0.4) is 0 Å². The van der Waals surface area contributed by atoms with Gasteiger partial charge in [-0.25, -0.2) is 0 Å². The van der Waals surface area contributed by atoms with Crippen molar-refractivity contribution in [3.8, 4) is 6.07 Å². The summed E-state index contributed by atoms with van der Waals surface area (Å²) >= 11 is 0. The minimum atomic E-state index is -0.642. The van der Waals surface area contributed by atoms with Crippen LogP contribution in [0.1, 0.15) is 30.5 Å². The normalized spacial score (nSPS) is 30.0. The Labute approximate surface area is 166 Å². The number of benzene rings is 2. The molecule has 0 unspecified atom stereocenters. The number of rotatable bonds is 4. The molecule has 0 radical (unpaired) electrons. The molecule has 4 atom stereocenters. The first kappa shape index (κ1) is 18.7. The summed E-state index contributed by atoms with van der Waals surface area (Å²) in [5, 5.41) is 10.0. The second-order valence-corrected chi connectivity index (χ2v) is 7.93. The number of hydrogen-bond acceptors (Lipinski definition) is 5. The maximum absolute atomic E-state index is 12.6. The van der Waals surface area contributed by atoms with Gasteiger partial charge in [0.1, 0.15) is 6.04 Å². The molecule has 2 fully saturated rings. The Morgan fingerprint density at radius 1 is 1.18 bits per heavy atom. The van der Waals surface area contributed by atoms with E-state index in [9.17, 15) is 10.1 Å². The number of carbonyl (C=O) groups excluding carboxylic acids is 1. The molecule has 0 saturated carbocycles. The monoisotopic (exact) mass is 375 g/mol. The maximum atomic E-state index is 12.6. The summed E-state index contributed by atoms with van der Waals surface area (Å²) in [5.74, 6) is -0.258. The quantitative estimate of drug-likeness (QED) is 0.767. The summed E-state index contributed by atoms with van der Waals surface area (Å²) in [4.78, 5) is 17.2. The summed E-state index contributed by atoms with van der Waals surface area (Å²) in [7, 11) is 1.43. The van der Waals surface area contributed by atoms with E-state index in [1.54, 1.807) is 0 Å². The fraction of sp³-hybridized carbons (Fsp3) is 0.391. The molecule has 5 nitrogen and oxygen atoms in total. The molecular formula is C23H25N3O2. The van der Waals surface area contributed by atoms with Gasteiger partial charge in [-0.3, -0.25) is 14.6 Å². The molecule has 0 spiro atoms. The van der Waals surface area contributed by atoms with E-state index in [-0.39, 0.29) is 18.2 Å². The number of nitriles is 1. The zero-order chi connectivity index (χ0) is 19.7. The summed E-state index contributed by atoms with van der Waals surface area (Å²) in [6, 6.07) is 22.7. The molecule has 2 aromatic rings. The highest BCUT2D eigenvalue weighted by molar-refractivity contribution is 5.76. The Balaban J connectivity index is 1.75.